The minimum Gasteiger partial charge on any atom is -0.672 e. The van der Waals surface area contributed by atoms with Crippen molar-refractivity contribution in [3.63, 3.8) is 0 Å². The molecule has 0 saturated heterocycles. The van der Waals surface area contributed by atoms with Gasteiger partial charge in [0.1, 0.15) is 0 Å². The van der Waals surface area contributed by atoms with Gasteiger partial charge in [-0.1, -0.05) is 12.1 Å². The first kappa shape index (κ1) is 34.2. The van der Waals surface area contributed by atoms with E-state index in [1.54, 1.807) is 38.1 Å². The number of benzene rings is 2. The molecule has 2 aromatic rings. The van der Waals surface area contributed by atoms with Gasteiger partial charge in [0.25, 0.3) is 0 Å². The molecule has 0 spiro atoms. The summed E-state index contributed by atoms with van der Waals surface area (Å²) in [7, 11) is -3.63. The van der Waals surface area contributed by atoms with E-state index in [0.717, 1.165) is 11.1 Å². The summed E-state index contributed by atoms with van der Waals surface area (Å²) in [6, 6.07) is 9.75. The Morgan fingerprint density at radius 1 is 0.656 bits per heavy atom. The molecule has 0 aliphatic heterocycles. The average molecular weight is 470 g/mol. The zero-order valence-electron chi connectivity index (χ0n) is 17.6. The number of nitrogens with zero attached hydrogens (tertiary/aromatic N) is 4. The van der Waals surface area contributed by atoms with Crippen molar-refractivity contribution in [2.75, 3.05) is 0 Å². The van der Waals surface area contributed by atoms with Crippen LogP contribution in [0.1, 0.15) is 11.1 Å². The molecule has 0 saturated carbocycles. The maximum atomic E-state index is 10.00. The van der Waals surface area contributed by atoms with Gasteiger partial charge >= 0.3 is 59.1 Å². The molecule has 0 radical (unpaired) electrons. The fraction of sp³-hybridized carbons (Fsp3) is 0.111. The zero-order valence-corrected chi connectivity index (χ0v) is 22.6. The largest absolute Gasteiger partial charge is 1.00 e. The second-order valence-electron chi connectivity index (χ2n) is 5.00. The molecule has 2 aromatic carbocycles. The van der Waals surface area contributed by atoms with E-state index < -0.39 is 9.17 Å². The van der Waals surface area contributed by atoms with Crippen molar-refractivity contribution in [2.24, 2.45) is 20.0 Å². The van der Waals surface area contributed by atoms with Gasteiger partial charge in [-0.15, -0.1) is 0 Å². The number of rotatable bonds is 4. The van der Waals surface area contributed by atoms with Crippen LogP contribution >= 0.6 is 0 Å². The van der Waals surface area contributed by atoms with Gasteiger partial charge in [-0.25, -0.2) is 19.2 Å². The van der Waals surface area contributed by atoms with Crippen LogP contribution in [-0.2, 0) is 23.6 Å². The first-order chi connectivity index (χ1) is 14.3. The van der Waals surface area contributed by atoms with E-state index in [9.17, 15) is 19.2 Å². The first-order valence-corrected chi connectivity index (χ1v) is 8.92. The van der Waals surface area contributed by atoms with Gasteiger partial charge in [-0.05, 0) is 49.2 Å². The van der Waals surface area contributed by atoms with Crippen LogP contribution in [0.4, 0.5) is 22.7 Å². The second kappa shape index (κ2) is 20.5. The summed E-state index contributed by atoms with van der Waals surface area (Å²) in [5.74, 6) is 0. The number of aliphatic imine (C=N–C) groups is 4. The van der Waals surface area contributed by atoms with E-state index in [2.05, 4.69) is 20.0 Å². The SMILES string of the molecule is Cc1ccc(N=C=O)cc1N=C=O.Cc1ccc(N=C=O)cc1N=C=O.O=[Si]([O-])[O-].[Na+].[Na+]. The van der Waals surface area contributed by atoms with Crippen LogP contribution in [0.5, 0.6) is 0 Å². The molecule has 0 fully saturated rings. The number of aryl methyl sites for hydroxylation is 2. The van der Waals surface area contributed by atoms with Crippen LogP contribution in [0.2, 0.25) is 0 Å². The van der Waals surface area contributed by atoms with Crippen molar-refractivity contribution in [3.05, 3.63) is 47.5 Å². The summed E-state index contributed by atoms with van der Waals surface area (Å²) in [4.78, 5) is 70.6. The average Bonchev–Trinajstić information content (AvgIpc) is 2.68. The van der Waals surface area contributed by atoms with E-state index in [1.807, 2.05) is 0 Å². The summed E-state index contributed by atoms with van der Waals surface area (Å²) in [5.41, 5.74) is 3.43. The topological polar surface area (TPSA) is 181 Å². The Morgan fingerprint density at radius 2 is 0.938 bits per heavy atom. The monoisotopic (exact) mass is 470 g/mol. The van der Waals surface area contributed by atoms with Gasteiger partial charge in [-0.2, -0.15) is 20.0 Å². The summed E-state index contributed by atoms with van der Waals surface area (Å²) in [6.07, 6.45) is 5.67. The second-order valence-corrected chi connectivity index (χ2v) is 5.50. The van der Waals surface area contributed by atoms with Crippen molar-refractivity contribution in [3.8, 4) is 0 Å². The summed E-state index contributed by atoms with van der Waals surface area (Å²) < 4.78 is 8.52. The van der Waals surface area contributed by atoms with Gasteiger partial charge < -0.3 is 14.1 Å². The van der Waals surface area contributed by atoms with Crippen LogP contribution in [0.3, 0.4) is 0 Å². The fourth-order valence-electron chi connectivity index (χ4n) is 1.78. The molecule has 0 aromatic heterocycles. The predicted molar refractivity (Wildman–Crippen MR) is 99.9 cm³/mol. The molecule has 0 unspecified atom stereocenters. The van der Waals surface area contributed by atoms with Crippen LogP contribution in [-0.4, -0.2) is 33.5 Å². The summed E-state index contributed by atoms with van der Waals surface area (Å²) >= 11 is 0. The number of isocyanates is 4. The molecule has 0 heterocycles. The molecule has 0 amide bonds. The molecule has 0 atom stereocenters. The van der Waals surface area contributed by atoms with Crippen LogP contribution in [0.15, 0.2) is 56.4 Å². The number of hydrogen-bond donors (Lipinski definition) is 0. The third kappa shape index (κ3) is 15.4. The van der Waals surface area contributed by atoms with Crippen molar-refractivity contribution >= 4 is 56.2 Å². The van der Waals surface area contributed by atoms with Crippen molar-refractivity contribution in [1.82, 2.24) is 0 Å². The molecule has 152 valence electrons. The van der Waals surface area contributed by atoms with E-state index in [-0.39, 0.29) is 59.1 Å². The molecule has 11 nitrogen and oxygen atoms in total. The van der Waals surface area contributed by atoms with E-state index >= 15 is 0 Å². The predicted octanol–water partition coefficient (Wildman–Crippen LogP) is -5.01. The van der Waals surface area contributed by atoms with Crippen molar-refractivity contribution < 1.29 is 92.3 Å². The molecule has 2 rings (SSSR count). The van der Waals surface area contributed by atoms with Gasteiger partial charge in [0, 0.05) is 9.17 Å². The summed E-state index contributed by atoms with van der Waals surface area (Å²) in [5, 5.41) is 0. The molecule has 14 heteroatoms. The Labute approximate surface area is 228 Å². The Hall–Kier alpha value is -2.42. The molecule has 0 bridgehead atoms. The van der Waals surface area contributed by atoms with Gasteiger partial charge in [0.15, 0.2) is 0 Å². The molecular formula is C18H12N4Na2O7Si. The molecule has 0 N–H and O–H groups in total. The van der Waals surface area contributed by atoms with Crippen LogP contribution in [0, 0.1) is 13.8 Å². The minimum absolute atomic E-state index is 0. The Kier molecular flexibility index (Phi) is 21.9. The Bertz CT molecular complexity index is 1020. The van der Waals surface area contributed by atoms with Gasteiger partial charge in [0.2, 0.25) is 24.3 Å². The standard InChI is InChI=1S/2C9H6N2O2.2Na.O3Si/c2*1-7-2-3-8(10-5-12)4-9(7)11-6-13;;;1-4(2)3/h2*2-4H,1H3;;;/q;;2*+1;-2. The van der Waals surface area contributed by atoms with Gasteiger partial charge in [-0.3, -0.25) is 0 Å². The Balaban J connectivity index is -0.000000428. The number of hydrogen-bond acceptors (Lipinski definition) is 11. The summed E-state index contributed by atoms with van der Waals surface area (Å²) in [6.45, 7) is 3.59. The maximum Gasteiger partial charge on any atom is 1.00 e. The molecule has 0 aliphatic carbocycles. The van der Waals surface area contributed by atoms with E-state index in [4.69, 9.17) is 14.1 Å². The third-order valence-corrected chi connectivity index (χ3v) is 3.07. The Morgan fingerprint density at radius 3 is 1.19 bits per heavy atom. The normalized spacial score (nSPS) is 7.56. The maximum absolute atomic E-state index is 10.00. The van der Waals surface area contributed by atoms with Crippen molar-refractivity contribution in [1.29, 1.82) is 0 Å². The third-order valence-electron chi connectivity index (χ3n) is 3.07. The minimum atomic E-state index is -3.63. The molecule has 0 aliphatic rings. The van der Waals surface area contributed by atoms with E-state index in [0.29, 0.717) is 22.7 Å². The van der Waals surface area contributed by atoms with Crippen LogP contribution < -0.4 is 68.7 Å². The quantitative estimate of drug-likeness (QED) is 0.243. The molecular weight excluding hydrogens is 458 g/mol. The first-order valence-electron chi connectivity index (χ1n) is 7.69. The number of carbonyl (C=O) groups excluding carboxylic acids is 4. The van der Waals surface area contributed by atoms with E-state index in [1.165, 1.54) is 36.5 Å². The van der Waals surface area contributed by atoms with Crippen molar-refractivity contribution in [2.45, 2.75) is 13.8 Å². The van der Waals surface area contributed by atoms with Gasteiger partial charge in [0.05, 0.1) is 22.7 Å². The zero-order chi connectivity index (χ0) is 22.9. The van der Waals surface area contributed by atoms with Crippen LogP contribution in [0.25, 0.3) is 0 Å². The smallest absolute Gasteiger partial charge is 0.672 e. The molecule has 32 heavy (non-hydrogen) atoms. The fourth-order valence-corrected chi connectivity index (χ4v) is 1.78.